The summed E-state index contributed by atoms with van der Waals surface area (Å²) in [5.74, 6) is 0.172. The zero-order valence-corrected chi connectivity index (χ0v) is 12.1. The average Bonchev–Trinajstić information content (AvgIpc) is 2.33. The van der Waals surface area contributed by atoms with Gasteiger partial charge in [0.15, 0.2) is 5.78 Å². The zero-order chi connectivity index (χ0) is 14.6. The molecule has 0 radical (unpaired) electrons. The van der Waals surface area contributed by atoms with Gasteiger partial charge < -0.3 is 4.74 Å². The van der Waals surface area contributed by atoms with Gasteiger partial charge >= 0.3 is 5.97 Å². The van der Waals surface area contributed by atoms with Gasteiger partial charge in [-0.1, -0.05) is 26.0 Å². The van der Waals surface area contributed by atoms with Crippen molar-refractivity contribution in [3.63, 3.8) is 0 Å². The molecule has 3 nitrogen and oxygen atoms in total. The van der Waals surface area contributed by atoms with Crippen LogP contribution in [0.4, 0.5) is 0 Å². The Kier molecular flexibility index (Phi) is 5.04. The Morgan fingerprint density at radius 1 is 1.21 bits per heavy atom. The molecule has 0 aliphatic rings. The molecule has 0 spiro atoms. The average molecular weight is 260 g/mol. The molecule has 0 fully saturated rings. The smallest absolute Gasteiger partial charge is 0.308 e. The maximum Gasteiger partial charge on any atom is 0.308 e. The summed E-state index contributed by atoms with van der Waals surface area (Å²) < 4.78 is 5.25. The van der Waals surface area contributed by atoms with E-state index >= 15 is 0 Å². The fraction of sp³-hybridized carbons (Fsp3) is 0.375. The normalized spacial score (nSPS) is 11.1. The predicted molar refractivity (Wildman–Crippen MR) is 76.1 cm³/mol. The number of carbonyl (C=O) groups excluding carboxylic acids is 2. The summed E-state index contributed by atoms with van der Waals surface area (Å²) in [6, 6.07) is 3.80. The minimum Gasteiger partial charge on any atom is -0.426 e. The summed E-state index contributed by atoms with van der Waals surface area (Å²) in [5, 5.41) is 0. The highest BCUT2D eigenvalue weighted by atomic mass is 16.5. The Bertz CT molecular complexity index is 525. The van der Waals surface area contributed by atoms with Crippen LogP contribution in [0.5, 0.6) is 5.75 Å². The molecule has 0 N–H and O–H groups in total. The summed E-state index contributed by atoms with van der Waals surface area (Å²) in [5.41, 5.74) is 2.70. The lowest BCUT2D eigenvalue weighted by Gasteiger charge is -2.11. The van der Waals surface area contributed by atoms with Crippen molar-refractivity contribution in [2.24, 2.45) is 5.92 Å². The molecular formula is C16H20O3. The number of benzene rings is 1. The highest BCUT2D eigenvalue weighted by molar-refractivity contribution is 5.95. The maximum atomic E-state index is 11.6. The first-order valence-corrected chi connectivity index (χ1v) is 6.33. The summed E-state index contributed by atoms with van der Waals surface area (Å²) in [6.07, 6.45) is 3.23. The van der Waals surface area contributed by atoms with Crippen molar-refractivity contribution in [1.82, 2.24) is 0 Å². The molecule has 0 saturated carbocycles. The van der Waals surface area contributed by atoms with Crippen LogP contribution in [-0.2, 0) is 9.59 Å². The van der Waals surface area contributed by atoms with Crippen LogP contribution in [0.15, 0.2) is 18.2 Å². The van der Waals surface area contributed by atoms with Crippen molar-refractivity contribution < 1.29 is 14.3 Å². The number of allylic oxidation sites excluding steroid dienone is 1. The minimum atomic E-state index is -0.362. The van der Waals surface area contributed by atoms with E-state index < -0.39 is 0 Å². The minimum absolute atomic E-state index is 0.0417. The Morgan fingerprint density at radius 3 is 2.37 bits per heavy atom. The van der Waals surface area contributed by atoms with E-state index in [4.69, 9.17) is 4.74 Å². The van der Waals surface area contributed by atoms with E-state index in [2.05, 4.69) is 0 Å². The number of carbonyl (C=O) groups is 2. The molecular weight excluding hydrogens is 240 g/mol. The highest BCUT2D eigenvalue weighted by Crippen LogP contribution is 2.27. The molecule has 0 saturated heterocycles. The van der Waals surface area contributed by atoms with Crippen molar-refractivity contribution in [2.75, 3.05) is 0 Å². The monoisotopic (exact) mass is 260 g/mol. The van der Waals surface area contributed by atoms with Crippen LogP contribution in [0.25, 0.3) is 6.08 Å². The standard InChI is InChI=1S/C16H20O3/c1-10(2)15(18)9-8-14-7-6-11(3)12(4)16(14)19-13(5)17/h6-10H,1-5H3/b9-8-. The van der Waals surface area contributed by atoms with Gasteiger partial charge in [-0.25, -0.2) is 0 Å². The third-order valence-corrected chi connectivity index (χ3v) is 2.95. The molecule has 0 heterocycles. The van der Waals surface area contributed by atoms with E-state index in [0.29, 0.717) is 5.75 Å². The topological polar surface area (TPSA) is 43.4 Å². The molecule has 19 heavy (non-hydrogen) atoms. The number of esters is 1. The molecule has 0 aliphatic heterocycles. The fourth-order valence-electron chi connectivity index (χ4n) is 1.59. The van der Waals surface area contributed by atoms with Crippen LogP contribution in [0.3, 0.4) is 0 Å². The summed E-state index contributed by atoms with van der Waals surface area (Å²) in [6.45, 7) is 8.92. The van der Waals surface area contributed by atoms with Gasteiger partial charge in [0.2, 0.25) is 0 Å². The molecule has 1 aromatic rings. The van der Waals surface area contributed by atoms with E-state index in [1.807, 2.05) is 39.8 Å². The first kappa shape index (κ1) is 15.2. The van der Waals surface area contributed by atoms with Crippen molar-refractivity contribution in [3.8, 4) is 5.75 Å². The molecule has 0 aliphatic carbocycles. The lowest BCUT2D eigenvalue weighted by Crippen LogP contribution is -2.06. The van der Waals surface area contributed by atoms with Gasteiger partial charge in [-0.2, -0.15) is 0 Å². The molecule has 0 atom stereocenters. The Morgan fingerprint density at radius 2 is 1.84 bits per heavy atom. The van der Waals surface area contributed by atoms with Crippen molar-refractivity contribution in [2.45, 2.75) is 34.6 Å². The van der Waals surface area contributed by atoms with Gasteiger partial charge in [-0.15, -0.1) is 0 Å². The maximum absolute atomic E-state index is 11.6. The molecule has 1 rings (SSSR count). The van der Waals surface area contributed by atoms with Crippen molar-refractivity contribution >= 4 is 17.8 Å². The van der Waals surface area contributed by atoms with Gasteiger partial charge in [-0.05, 0) is 37.1 Å². The van der Waals surface area contributed by atoms with Gasteiger partial charge in [-0.3, -0.25) is 9.59 Å². The SMILES string of the molecule is CC(=O)Oc1c(/C=C\C(=O)C(C)C)ccc(C)c1C. The number of ketones is 1. The predicted octanol–water partition coefficient (Wildman–Crippen LogP) is 3.47. The summed E-state index contributed by atoms with van der Waals surface area (Å²) >= 11 is 0. The van der Waals surface area contributed by atoms with E-state index in [9.17, 15) is 9.59 Å². The second kappa shape index (κ2) is 6.32. The van der Waals surface area contributed by atoms with E-state index in [1.54, 1.807) is 6.08 Å². The summed E-state index contributed by atoms with van der Waals surface area (Å²) in [4.78, 5) is 22.8. The first-order chi connectivity index (χ1) is 8.82. The molecule has 0 unspecified atom stereocenters. The van der Waals surface area contributed by atoms with Crippen LogP contribution in [0, 0.1) is 19.8 Å². The van der Waals surface area contributed by atoms with Crippen LogP contribution in [0.2, 0.25) is 0 Å². The lowest BCUT2D eigenvalue weighted by atomic mass is 10.0. The first-order valence-electron chi connectivity index (χ1n) is 6.33. The largest absolute Gasteiger partial charge is 0.426 e. The van der Waals surface area contributed by atoms with Gasteiger partial charge in [0.1, 0.15) is 5.75 Å². The molecule has 0 amide bonds. The molecule has 102 valence electrons. The second-order valence-electron chi connectivity index (χ2n) is 4.91. The quantitative estimate of drug-likeness (QED) is 0.473. The lowest BCUT2D eigenvalue weighted by molar-refractivity contribution is -0.131. The van der Waals surface area contributed by atoms with Gasteiger partial charge in [0, 0.05) is 18.4 Å². The number of hydrogen-bond donors (Lipinski definition) is 0. The number of aryl methyl sites for hydroxylation is 1. The Hall–Kier alpha value is -1.90. The summed E-state index contributed by atoms with van der Waals surface area (Å²) in [7, 11) is 0. The van der Waals surface area contributed by atoms with Crippen molar-refractivity contribution in [3.05, 3.63) is 34.9 Å². The van der Waals surface area contributed by atoms with E-state index in [-0.39, 0.29) is 17.7 Å². The van der Waals surface area contributed by atoms with Crippen LogP contribution < -0.4 is 4.74 Å². The van der Waals surface area contributed by atoms with E-state index in [1.165, 1.54) is 13.0 Å². The molecule has 0 bridgehead atoms. The van der Waals surface area contributed by atoms with Gasteiger partial charge in [0.25, 0.3) is 0 Å². The fourth-order valence-corrected chi connectivity index (χ4v) is 1.59. The highest BCUT2D eigenvalue weighted by Gasteiger charge is 2.10. The van der Waals surface area contributed by atoms with Crippen LogP contribution in [-0.4, -0.2) is 11.8 Å². The van der Waals surface area contributed by atoms with Crippen LogP contribution >= 0.6 is 0 Å². The zero-order valence-electron chi connectivity index (χ0n) is 12.1. The second-order valence-corrected chi connectivity index (χ2v) is 4.91. The molecule has 0 aromatic heterocycles. The van der Waals surface area contributed by atoms with Gasteiger partial charge in [0.05, 0.1) is 0 Å². The third-order valence-electron chi connectivity index (χ3n) is 2.95. The number of ether oxygens (including phenoxy) is 1. The van der Waals surface area contributed by atoms with E-state index in [0.717, 1.165) is 16.7 Å². The third kappa shape index (κ3) is 4.05. The number of rotatable bonds is 4. The van der Waals surface area contributed by atoms with Crippen molar-refractivity contribution in [1.29, 1.82) is 0 Å². The molecule has 3 heteroatoms. The number of hydrogen-bond acceptors (Lipinski definition) is 3. The van der Waals surface area contributed by atoms with Crippen LogP contribution in [0.1, 0.15) is 37.5 Å². The Balaban J connectivity index is 3.16. The molecule has 1 aromatic carbocycles. The Labute approximate surface area is 114 Å².